The highest BCUT2D eigenvalue weighted by Crippen LogP contribution is 2.41. The number of nitrogens with zero attached hydrogens (tertiary/aromatic N) is 3. The van der Waals surface area contributed by atoms with E-state index in [2.05, 4.69) is 187 Å². The Balaban J connectivity index is 1.38. The van der Waals surface area contributed by atoms with Crippen LogP contribution in [0.1, 0.15) is 0 Å². The van der Waals surface area contributed by atoms with Crippen molar-refractivity contribution in [2.75, 3.05) is 0 Å². The minimum Gasteiger partial charge on any atom is -0.294 e. The lowest BCUT2D eigenvalue weighted by Gasteiger charge is -2.14. The van der Waals surface area contributed by atoms with E-state index in [0.29, 0.717) is 5.82 Å². The summed E-state index contributed by atoms with van der Waals surface area (Å²) < 4.78 is 2.28. The molecule has 2 heterocycles. The normalized spacial score (nSPS) is 11.3. The van der Waals surface area contributed by atoms with Crippen molar-refractivity contribution in [3.05, 3.63) is 188 Å². The van der Waals surface area contributed by atoms with Gasteiger partial charge in [0.05, 0.1) is 16.6 Å². The minimum absolute atomic E-state index is 0.687. The highest BCUT2D eigenvalue weighted by atomic mass is 15.1. The maximum absolute atomic E-state index is 5.48. The van der Waals surface area contributed by atoms with E-state index in [-0.39, 0.29) is 0 Å². The van der Waals surface area contributed by atoms with Crippen LogP contribution in [0, 0.1) is 0 Å². The fourth-order valence-corrected chi connectivity index (χ4v) is 6.86. The Morgan fingerprint density at radius 1 is 0.347 bits per heavy atom. The predicted octanol–water partition coefficient (Wildman–Crippen LogP) is 11.9. The predicted molar refractivity (Wildman–Crippen MR) is 204 cm³/mol. The molecule has 3 heteroatoms. The molecule has 7 aromatic carbocycles. The van der Waals surface area contributed by atoms with E-state index in [1.54, 1.807) is 0 Å². The van der Waals surface area contributed by atoms with E-state index >= 15 is 0 Å². The van der Waals surface area contributed by atoms with Gasteiger partial charge in [0.1, 0.15) is 5.65 Å². The first kappa shape index (κ1) is 28.6. The van der Waals surface area contributed by atoms with Crippen LogP contribution in [0.2, 0.25) is 0 Å². The molecule has 9 aromatic rings. The monoisotopic (exact) mass is 625 g/mol. The minimum atomic E-state index is 0.687. The van der Waals surface area contributed by atoms with Crippen LogP contribution in [0.4, 0.5) is 0 Å². The van der Waals surface area contributed by atoms with Gasteiger partial charge in [-0.05, 0) is 75.8 Å². The molecule has 0 N–H and O–H groups in total. The third kappa shape index (κ3) is 5.28. The van der Waals surface area contributed by atoms with E-state index in [9.17, 15) is 0 Å². The summed E-state index contributed by atoms with van der Waals surface area (Å²) in [7, 11) is 0. The average molecular weight is 626 g/mol. The molecule has 0 unspecified atom stereocenters. The summed E-state index contributed by atoms with van der Waals surface area (Å²) in [5.41, 5.74) is 12.9. The molecule has 0 aliphatic carbocycles. The molecular weight excluding hydrogens is 595 g/mol. The summed E-state index contributed by atoms with van der Waals surface area (Å²) in [5.74, 6) is 0.687. The van der Waals surface area contributed by atoms with Crippen molar-refractivity contribution >= 4 is 21.9 Å². The van der Waals surface area contributed by atoms with Gasteiger partial charge in [0, 0.05) is 22.2 Å². The average Bonchev–Trinajstić information content (AvgIpc) is 3.53. The SMILES string of the molecule is c1ccc(-c2cccc(-c3nc(-c4cc(-c5ccccc5)cc(-c5ccccc5)c4)c4c5ccccc5n(-c5ccccc5)c4n3)c2)cc1. The van der Waals surface area contributed by atoms with Crippen LogP contribution in [0.25, 0.3) is 83.6 Å². The molecule has 0 bridgehead atoms. The first-order valence-electron chi connectivity index (χ1n) is 16.6. The molecule has 0 spiro atoms. The molecular formula is C46H31N3. The Morgan fingerprint density at radius 3 is 1.45 bits per heavy atom. The third-order valence-electron chi connectivity index (χ3n) is 9.18. The Labute approximate surface area is 285 Å². The summed E-state index contributed by atoms with van der Waals surface area (Å²) >= 11 is 0. The van der Waals surface area contributed by atoms with Gasteiger partial charge in [-0.3, -0.25) is 4.57 Å². The lowest BCUT2D eigenvalue weighted by atomic mass is 9.94. The quantitative estimate of drug-likeness (QED) is 0.184. The number of aromatic nitrogens is 3. The van der Waals surface area contributed by atoms with Crippen molar-refractivity contribution in [1.29, 1.82) is 0 Å². The van der Waals surface area contributed by atoms with Crippen LogP contribution in [-0.4, -0.2) is 14.5 Å². The molecule has 9 rings (SSSR count). The number of hydrogen-bond donors (Lipinski definition) is 0. The topological polar surface area (TPSA) is 30.7 Å². The zero-order valence-electron chi connectivity index (χ0n) is 26.7. The number of para-hydroxylation sites is 2. The van der Waals surface area contributed by atoms with Crippen LogP contribution in [-0.2, 0) is 0 Å². The molecule has 0 atom stereocenters. The second kappa shape index (κ2) is 12.2. The van der Waals surface area contributed by atoms with Crippen molar-refractivity contribution in [3.8, 4) is 61.7 Å². The lowest BCUT2D eigenvalue weighted by Crippen LogP contribution is -2.00. The van der Waals surface area contributed by atoms with Crippen LogP contribution in [0.15, 0.2) is 188 Å². The molecule has 0 saturated heterocycles. The number of benzene rings is 7. The largest absolute Gasteiger partial charge is 0.294 e. The van der Waals surface area contributed by atoms with Crippen molar-refractivity contribution in [2.45, 2.75) is 0 Å². The number of fused-ring (bicyclic) bond motifs is 3. The Hall–Kier alpha value is -6.58. The molecule has 230 valence electrons. The maximum Gasteiger partial charge on any atom is 0.162 e. The molecule has 2 aromatic heterocycles. The summed E-state index contributed by atoms with van der Waals surface area (Å²) in [5, 5.41) is 2.15. The maximum atomic E-state index is 5.48. The van der Waals surface area contributed by atoms with Gasteiger partial charge in [0.2, 0.25) is 0 Å². The summed E-state index contributed by atoms with van der Waals surface area (Å²) in [6.07, 6.45) is 0. The molecule has 3 nitrogen and oxygen atoms in total. The Bertz CT molecular complexity index is 2510. The van der Waals surface area contributed by atoms with Gasteiger partial charge >= 0.3 is 0 Å². The van der Waals surface area contributed by atoms with E-state index in [1.807, 2.05) is 6.07 Å². The van der Waals surface area contributed by atoms with Gasteiger partial charge in [0.25, 0.3) is 0 Å². The molecule has 0 aliphatic rings. The first-order chi connectivity index (χ1) is 24.3. The molecule has 0 fully saturated rings. The summed E-state index contributed by atoms with van der Waals surface area (Å²) in [4.78, 5) is 10.9. The van der Waals surface area contributed by atoms with Crippen molar-refractivity contribution in [2.24, 2.45) is 0 Å². The molecule has 49 heavy (non-hydrogen) atoms. The van der Waals surface area contributed by atoms with E-state index < -0.39 is 0 Å². The smallest absolute Gasteiger partial charge is 0.162 e. The van der Waals surface area contributed by atoms with Gasteiger partial charge in [-0.1, -0.05) is 146 Å². The van der Waals surface area contributed by atoms with Crippen LogP contribution in [0.5, 0.6) is 0 Å². The zero-order valence-corrected chi connectivity index (χ0v) is 26.7. The second-order valence-corrected chi connectivity index (χ2v) is 12.3. The fourth-order valence-electron chi connectivity index (χ4n) is 6.86. The lowest BCUT2D eigenvalue weighted by molar-refractivity contribution is 1.11. The molecule has 0 radical (unpaired) electrons. The highest BCUT2D eigenvalue weighted by molar-refractivity contribution is 6.14. The highest BCUT2D eigenvalue weighted by Gasteiger charge is 2.22. The van der Waals surface area contributed by atoms with Crippen LogP contribution in [0.3, 0.4) is 0 Å². The standard InChI is InChI=1S/C46H31N3/c1-5-16-32(17-6-1)35-22-15-23-36(28-35)45-47-44(43-41-26-13-14-27-42(41)49(46(43)48-45)40-24-11-4-12-25-40)39-30-37(33-18-7-2-8-19-33)29-38(31-39)34-20-9-3-10-21-34/h1-31H. The van der Waals surface area contributed by atoms with Crippen molar-refractivity contribution in [1.82, 2.24) is 14.5 Å². The third-order valence-corrected chi connectivity index (χ3v) is 9.18. The summed E-state index contributed by atoms with van der Waals surface area (Å²) in [6, 6.07) is 66.2. The second-order valence-electron chi connectivity index (χ2n) is 12.3. The van der Waals surface area contributed by atoms with Crippen LogP contribution < -0.4 is 0 Å². The van der Waals surface area contributed by atoms with E-state index in [1.165, 1.54) is 0 Å². The van der Waals surface area contributed by atoms with Gasteiger partial charge in [-0.2, -0.15) is 0 Å². The molecule has 0 amide bonds. The molecule has 0 aliphatic heterocycles. The molecule has 0 saturated carbocycles. The number of rotatable bonds is 6. The Morgan fingerprint density at radius 2 is 0.816 bits per heavy atom. The van der Waals surface area contributed by atoms with Gasteiger partial charge in [0.15, 0.2) is 5.82 Å². The van der Waals surface area contributed by atoms with Gasteiger partial charge < -0.3 is 0 Å². The zero-order chi connectivity index (χ0) is 32.6. The summed E-state index contributed by atoms with van der Waals surface area (Å²) in [6.45, 7) is 0. The fraction of sp³-hybridized carbons (Fsp3) is 0. The van der Waals surface area contributed by atoms with E-state index in [4.69, 9.17) is 9.97 Å². The Kier molecular flexibility index (Phi) is 7.14. The van der Waals surface area contributed by atoms with Crippen molar-refractivity contribution < 1.29 is 0 Å². The van der Waals surface area contributed by atoms with Gasteiger partial charge in [-0.25, -0.2) is 9.97 Å². The van der Waals surface area contributed by atoms with E-state index in [0.717, 1.165) is 77.8 Å². The van der Waals surface area contributed by atoms with Gasteiger partial charge in [-0.15, -0.1) is 0 Å². The first-order valence-corrected chi connectivity index (χ1v) is 16.6. The number of hydrogen-bond acceptors (Lipinski definition) is 2. The van der Waals surface area contributed by atoms with Crippen molar-refractivity contribution in [3.63, 3.8) is 0 Å². The van der Waals surface area contributed by atoms with Crippen LogP contribution >= 0.6 is 0 Å².